The van der Waals surface area contributed by atoms with Gasteiger partial charge in [-0.05, 0) is 6.42 Å². The average molecular weight is 228 g/mol. The first-order valence-corrected chi connectivity index (χ1v) is 3.98. The molecule has 0 heterocycles. The Balaban J connectivity index is 4.42. The Morgan fingerprint density at radius 1 is 1.33 bits per heavy atom. The Bertz CT molecular complexity index is 254. The Kier molecular flexibility index (Phi) is 4.53. The van der Waals surface area contributed by atoms with E-state index in [1.807, 2.05) is 0 Å². The minimum Gasteiger partial charge on any atom is -0.480 e. The molecule has 0 saturated carbocycles. The molecule has 8 heteroatoms. The van der Waals surface area contributed by atoms with E-state index in [9.17, 15) is 22.8 Å². The number of aliphatic carboxylic acids is 1. The lowest BCUT2D eigenvalue weighted by Gasteiger charge is -2.17. The predicted molar refractivity (Wildman–Crippen MR) is 43.6 cm³/mol. The zero-order valence-corrected chi connectivity index (χ0v) is 7.62. The number of halogens is 3. The summed E-state index contributed by atoms with van der Waals surface area (Å²) in [6.45, 7) is 0. The van der Waals surface area contributed by atoms with Crippen molar-refractivity contribution in [2.24, 2.45) is 17.4 Å². The third-order valence-corrected chi connectivity index (χ3v) is 1.74. The van der Waals surface area contributed by atoms with Gasteiger partial charge in [0.05, 0.1) is 6.42 Å². The van der Waals surface area contributed by atoms with Gasteiger partial charge in [0.15, 0.2) is 0 Å². The highest BCUT2D eigenvalue weighted by Crippen LogP contribution is 2.26. The van der Waals surface area contributed by atoms with Crippen LogP contribution in [0.2, 0.25) is 0 Å². The molecule has 0 spiro atoms. The monoisotopic (exact) mass is 228 g/mol. The standard InChI is InChI=1S/C7H11F3N2O3/c8-7(9,10)2-3(5(12)13)1-4(11)6(14)15/h3-4H,1-2,11H2,(H2,12,13)(H,14,15)/t3?,4-/m0/s1. The van der Waals surface area contributed by atoms with E-state index in [4.69, 9.17) is 16.6 Å². The highest BCUT2D eigenvalue weighted by Gasteiger charge is 2.36. The summed E-state index contributed by atoms with van der Waals surface area (Å²) in [6, 6.07) is -1.52. The average Bonchev–Trinajstić information content (AvgIpc) is 1.99. The van der Waals surface area contributed by atoms with Crippen LogP contribution in [-0.4, -0.2) is 29.2 Å². The van der Waals surface area contributed by atoms with E-state index >= 15 is 0 Å². The number of carbonyl (C=O) groups excluding carboxylic acids is 1. The summed E-state index contributed by atoms with van der Waals surface area (Å²) in [5.74, 6) is -4.27. The van der Waals surface area contributed by atoms with Gasteiger partial charge in [-0.2, -0.15) is 13.2 Å². The molecular formula is C7H11F3N2O3. The molecule has 15 heavy (non-hydrogen) atoms. The molecule has 0 aromatic carbocycles. The van der Waals surface area contributed by atoms with Crippen LogP contribution in [0.3, 0.4) is 0 Å². The number of nitrogens with two attached hydrogens (primary N) is 2. The van der Waals surface area contributed by atoms with E-state index in [1.165, 1.54) is 0 Å². The second-order valence-electron chi connectivity index (χ2n) is 3.10. The molecule has 0 rings (SSSR count). The molecule has 1 amide bonds. The molecule has 1 unspecified atom stereocenters. The summed E-state index contributed by atoms with van der Waals surface area (Å²) in [4.78, 5) is 20.9. The summed E-state index contributed by atoms with van der Waals surface area (Å²) in [5.41, 5.74) is 9.70. The van der Waals surface area contributed by atoms with Crippen molar-refractivity contribution in [2.75, 3.05) is 0 Å². The third kappa shape index (κ3) is 5.89. The smallest absolute Gasteiger partial charge is 0.389 e. The number of carbonyl (C=O) groups is 2. The van der Waals surface area contributed by atoms with Crippen molar-refractivity contribution in [3.05, 3.63) is 0 Å². The highest BCUT2D eigenvalue weighted by molar-refractivity contribution is 5.79. The Morgan fingerprint density at radius 3 is 2.07 bits per heavy atom. The molecule has 0 aliphatic rings. The van der Waals surface area contributed by atoms with Crippen LogP contribution < -0.4 is 11.5 Å². The van der Waals surface area contributed by atoms with Crippen molar-refractivity contribution in [1.82, 2.24) is 0 Å². The van der Waals surface area contributed by atoms with Crippen LogP contribution in [0.25, 0.3) is 0 Å². The molecule has 2 atom stereocenters. The zero-order chi connectivity index (χ0) is 12.2. The first-order chi connectivity index (χ1) is 6.63. The van der Waals surface area contributed by atoms with Gasteiger partial charge in [-0.15, -0.1) is 0 Å². The van der Waals surface area contributed by atoms with E-state index in [0.29, 0.717) is 0 Å². The lowest BCUT2D eigenvalue weighted by molar-refractivity contribution is -0.155. The number of hydrogen-bond acceptors (Lipinski definition) is 3. The molecule has 0 aliphatic heterocycles. The van der Waals surface area contributed by atoms with E-state index in [2.05, 4.69) is 0 Å². The molecule has 0 aromatic rings. The van der Waals surface area contributed by atoms with Crippen molar-refractivity contribution in [3.8, 4) is 0 Å². The van der Waals surface area contributed by atoms with Crippen molar-refractivity contribution in [2.45, 2.75) is 25.1 Å². The lowest BCUT2D eigenvalue weighted by atomic mass is 9.96. The number of alkyl halides is 3. The van der Waals surface area contributed by atoms with Gasteiger partial charge in [0.2, 0.25) is 5.91 Å². The maximum atomic E-state index is 11.9. The molecule has 0 fully saturated rings. The van der Waals surface area contributed by atoms with Crippen molar-refractivity contribution in [3.63, 3.8) is 0 Å². The zero-order valence-electron chi connectivity index (χ0n) is 7.62. The van der Waals surface area contributed by atoms with E-state index in [-0.39, 0.29) is 0 Å². The van der Waals surface area contributed by atoms with Crippen molar-refractivity contribution >= 4 is 11.9 Å². The quantitative estimate of drug-likeness (QED) is 0.607. The minimum absolute atomic E-state index is 0.621. The second-order valence-corrected chi connectivity index (χ2v) is 3.10. The van der Waals surface area contributed by atoms with E-state index in [1.54, 1.807) is 0 Å². The molecule has 0 saturated heterocycles. The van der Waals surface area contributed by atoms with Gasteiger partial charge in [-0.25, -0.2) is 0 Å². The van der Waals surface area contributed by atoms with E-state index < -0.39 is 42.9 Å². The normalized spacial score (nSPS) is 15.7. The Labute approximate surface area is 83.2 Å². The molecule has 0 radical (unpaired) electrons. The fourth-order valence-corrected chi connectivity index (χ4v) is 0.987. The Hall–Kier alpha value is -1.31. The molecule has 88 valence electrons. The van der Waals surface area contributed by atoms with Gasteiger partial charge < -0.3 is 16.6 Å². The highest BCUT2D eigenvalue weighted by atomic mass is 19.4. The van der Waals surface area contributed by atoms with Crippen LogP contribution in [0.4, 0.5) is 13.2 Å². The SMILES string of the molecule is NC(=O)C(C[C@H](N)C(=O)O)CC(F)(F)F. The topological polar surface area (TPSA) is 106 Å². The summed E-state index contributed by atoms with van der Waals surface area (Å²) in [7, 11) is 0. The first-order valence-electron chi connectivity index (χ1n) is 3.98. The number of rotatable bonds is 5. The van der Waals surface area contributed by atoms with Crippen LogP contribution in [0.5, 0.6) is 0 Å². The van der Waals surface area contributed by atoms with Gasteiger partial charge in [-0.1, -0.05) is 0 Å². The fraction of sp³-hybridized carbons (Fsp3) is 0.714. The minimum atomic E-state index is -4.57. The lowest BCUT2D eigenvalue weighted by Crippen LogP contribution is -2.38. The third-order valence-electron chi connectivity index (χ3n) is 1.74. The predicted octanol–water partition coefficient (Wildman–Crippen LogP) is -0.158. The van der Waals surface area contributed by atoms with Gasteiger partial charge in [0, 0.05) is 5.92 Å². The summed E-state index contributed by atoms with van der Waals surface area (Å²) in [6.07, 6.45) is -6.65. The first kappa shape index (κ1) is 13.7. The largest absolute Gasteiger partial charge is 0.480 e. The molecule has 5 nitrogen and oxygen atoms in total. The molecule has 0 bridgehead atoms. The van der Waals surface area contributed by atoms with E-state index in [0.717, 1.165) is 0 Å². The van der Waals surface area contributed by atoms with Crippen molar-refractivity contribution < 1.29 is 27.9 Å². The molecule has 0 aromatic heterocycles. The number of carboxylic acids is 1. The van der Waals surface area contributed by atoms with Gasteiger partial charge >= 0.3 is 12.1 Å². The number of hydrogen-bond donors (Lipinski definition) is 3. The van der Waals surface area contributed by atoms with Crippen LogP contribution in [0, 0.1) is 5.92 Å². The van der Waals surface area contributed by atoms with Gasteiger partial charge in [0.25, 0.3) is 0 Å². The number of primary amides is 1. The number of carboxylic acid groups (broad SMARTS) is 1. The van der Waals surface area contributed by atoms with Crippen LogP contribution in [0.15, 0.2) is 0 Å². The molecular weight excluding hydrogens is 217 g/mol. The summed E-state index contributed by atoms with van der Waals surface area (Å²) < 4.78 is 35.8. The Morgan fingerprint density at radius 2 is 1.80 bits per heavy atom. The van der Waals surface area contributed by atoms with Crippen LogP contribution >= 0.6 is 0 Å². The fourth-order valence-electron chi connectivity index (χ4n) is 0.987. The van der Waals surface area contributed by atoms with Crippen LogP contribution in [0.1, 0.15) is 12.8 Å². The van der Waals surface area contributed by atoms with Crippen molar-refractivity contribution in [1.29, 1.82) is 0 Å². The maximum Gasteiger partial charge on any atom is 0.389 e. The van der Waals surface area contributed by atoms with Crippen LogP contribution in [-0.2, 0) is 9.59 Å². The summed E-state index contributed by atoms with van der Waals surface area (Å²) in [5, 5.41) is 8.35. The number of amides is 1. The summed E-state index contributed by atoms with van der Waals surface area (Å²) >= 11 is 0. The van der Waals surface area contributed by atoms with Gasteiger partial charge in [-0.3, -0.25) is 9.59 Å². The molecule has 5 N–H and O–H groups in total. The maximum absolute atomic E-state index is 11.9. The van der Waals surface area contributed by atoms with Gasteiger partial charge in [0.1, 0.15) is 6.04 Å². The second kappa shape index (κ2) is 4.96. The molecule has 0 aliphatic carbocycles.